The van der Waals surface area contributed by atoms with Gasteiger partial charge in [0.2, 0.25) is 14.9 Å². The first kappa shape index (κ1) is 8.25. The van der Waals surface area contributed by atoms with E-state index in [1.165, 1.54) is 6.07 Å². The van der Waals surface area contributed by atoms with Crippen molar-refractivity contribution in [1.82, 2.24) is 4.98 Å². The molecule has 0 radical (unpaired) electrons. The minimum absolute atomic E-state index is 0.0406. The van der Waals surface area contributed by atoms with E-state index in [-0.39, 0.29) is 5.09 Å². The highest BCUT2D eigenvalue weighted by Crippen LogP contribution is 2.19. The van der Waals surface area contributed by atoms with Crippen LogP contribution in [0.25, 0.3) is 11.1 Å². The van der Waals surface area contributed by atoms with Crippen LogP contribution < -0.4 is 0 Å². The average molecular weight is 197 g/mol. The molecule has 0 N–H and O–H groups in total. The Bertz CT molecular complexity index is 508. The van der Waals surface area contributed by atoms with Crippen LogP contribution in [0, 0.1) is 0 Å². The highest BCUT2D eigenvalue weighted by molar-refractivity contribution is 7.90. The molecule has 0 atom stereocenters. The summed E-state index contributed by atoms with van der Waals surface area (Å²) < 4.78 is 27.2. The second-order valence-corrected chi connectivity index (χ2v) is 4.67. The normalized spacial score (nSPS) is 12.1. The molecule has 0 saturated carbocycles. The fraction of sp³-hybridized carbons (Fsp3) is 0.125. The number of furan rings is 1. The standard InChI is InChI=1S/C8H7NO3S/c1-13(10,11)8-5-6-7(12-8)3-2-4-9-6/h2-5H,1H3. The SMILES string of the molecule is CS(=O)(=O)c1cc2ncccc2o1. The first-order chi connectivity index (χ1) is 6.07. The van der Waals surface area contributed by atoms with Gasteiger partial charge >= 0.3 is 0 Å². The third-order valence-electron chi connectivity index (χ3n) is 1.63. The molecular weight excluding hydrogens is 190 g/mol. The van der Waals surface area contributed by atoms with Crippen LogP contribution in [-0.2, 0) is 9.84 Å². The lowest BCUT2D eigenvalue weighted by Crippen LogP contribution is -1.93. The molecule has 68 valence electrons. The average Bonchev–Trinajstić information content (AvgIpc) is 2.45. The molecule has 13 heavy (non-hydrogen) atoms. The maximum atomic E-state index is 11.1. The van der Waals surface area contributed by atoms with Crippen LogP contribution in [0.15, 0.2) is 33.9 Å². The van der Waals surface area contributed by atoms with E-state index in [4.69, 9.17) is 4.42 Å². The van der Waals surface area contributed by atoms with Gasteiger partial charge in [-0.15, -0.1) is 0 Å². The second-order valence-electron chi connectivity index (χ2n) is 2.72. The van der Waals surface area contributed by atoms with Crippen molar-refractivity contribution >= 4 is 20.9 Å². The lowest BCUT2D eigenvalue weighted by molar-refractivity contribution is 0.484. The molecule has 0 aromatic carbocycles. The molecule has 0 unspecified atom stereocenters. The van der Waals surface area contributed by atoms with Crippen molar-refractivity contribution in [1.29, 1.82) is 0 Å². The molecule has 0 bridgehead atoms. The molecular formula is C8H7NO3S. The van der Waals surface area contributed by atoms with Crippen molar-refractivity contribution in [2.75, 3.05) is 6.26 Å². The number of pyridine rings is 1. The van der Waals surface area contributed by atoms with Crippen molar-refractivity contribution in [2.45, 2.75) is 5.09 Å². The number of rotatable bonds is 1. The summed E-state index contributed by atoms with van der Waals surface area (Å²) in [7, 11) is -3.27. The molecule has 4 nitrogen and oxygen atoms in total. The smallest absolute Gasteiger partial charge is 0.220 e. The van der Waals surface area contributed by atoms with Gasteiger partial charge in [-0.3, -0.25) is 4.98 Å². The highest BCUT2D eigenvalue weighted by atomic mass is 32.2. The van der Waals surface area contributed by atoms with E-state index < -0.39 is 9.84 Å². The summed E-state index contributed by atoms with van der Waals surface area (Å²) in [6, 6.07) is 4.79. The molecule has 0 spiro atoms. The zero-order valence-corrected chi connectivity index (χ0v) is 7.71. The van der Waals surface area contributed by atoms with Gasteiger partial charge < -0.3 is 4.42 Å². The Labute approximate surface area is 75.1 Å². The fourth-order valence-corrected chi connectivity index (χ4v) is 1.60. The maximum absolute atomic E-state index is 11.1. The van der Waals surface area contributed by atoms with E-state index in [0.29, 0.717) is 11.1 Å². The van der Waals surface area contributed by atoms with Gasteiger partial charge in [-0.05, 0) is 12.1 Å². The van der Waals surface area contributed by atoms with E-state index in [1.807, 2.05) is 0 Å². The summed E-state index contributed by atoms with van der Waals surface area (Å²) in [5.41, 5.74) is 1.05. The lowest BCUT2D eigenvalue weighted by Gasteiger charge is -1.87. The molecule has 2 rings (SSSR count). The van der Waals surface area contributed by atoms with Gasteiger partial charge in [0.25, 0.3) is 0 Å². The van der Waals surface area contributed by atoms with Crippen molar-refractivity contribution in [3.05, 3.63) is 24.4 Å². The number of fused-ring (bicyclic) bond motifs is 1. The van der Waals surface area contributed by atoms with Gasteiger partial charge in [0.05, 0.1) is 0 Å². The van der Waals surface area contributed by atoms with Gasteiger partial charge in [0, 0.05) is 18.5 Å². The van der Waals surface area contributed by atoms with Crippen LogP contribution in [0.2, 0.25) is 0 Å². The minimum atomic E-state index is -3.27. The predicted octanol–water partition coefficient (Wildman–Crippen LogP) is 1.23. The summed E-state index contributed by atoms with van der Waals surface area (Å²) in [5, 5.41) is -0.0406. The van der Waals surface area contributed by atoms with E-state index in [2.05, 4.69) is 4.98 Å². The predicted molar refractivity (Wildman–Crippen MR) is 47.1 cm³/mol. The second kappa shape index (κ2) is 2.56. The Morgan fingerprint density at radius 3 is 2.85 bits per heavy atom. The van der Waals surface area contributed by atoms with Crippen molar-refractivity contribution in [2.24, 2.45) is 0 Å². The van der Waals surface area contributed by atoms with Gasteiger partial charge in [0.1, 0.15) is 5.52 Å². The summed E-state index contributed by atoms with van der Waals surface area (Å²) >= 11 is 0. The van der Waals surface area contributed by atoms with Gasteiger partial charge in [-0.1, -0.05) is 0 Å². The van der Waals surface area contributed by atoms with Crippen LogP contribution in [0.3, 0.4) is 0 Å². The monoisotopic (exact) mass is 197 g/mol. The Kier molecular flexibility index (Phi) is 1.63. The molecule has 0 fully saturated rings. The molecule has 2 aromatic heterocycles. The number of hydrogen-bond acceptors (Lipinski definition) is 4. The Morgan fingerprint density at radius 2 is 2.23 bits per heavy atom. The van der Waals surface area contributed by atoms with E-state index in [9.17, 15) is 8.42 Å². The minimum Gasteiger partial charge on any atom is -0.443 e. The van der Waals surface area contributed by atoms with E-state index in [1.54, 1.807) is 18.3 Å². The lowest BCUT2D eigenvalue weighted by atomic mass is 10.4. The molecule has 2 aromatic rings. The van der Waals surface area contributed by atoms with Crippen LogP contribution in [0.5, 0.6) is 0 Å². The van der Waals surface area contributed by atoms with Gasteiger partial charge in [0.15, 0.2) is 5.58 Å². The summed E-state index contributed by atoms with van der Waals surface area (Å²) in [6.45, 7) is 0. The van der Waals surface area contributed by atoms with Crippen LogP contribution >= 0.6 is 0 Å². The van der Waals surface area contributed by atoms with Gasteiger partial charge in [-0.25, -0.2) is 8.42 Å². The van der Waals surface area contributed by atoms with Crippen LogP contribution in [0.1, 0.15) is 0 Å². The molecule has 0 saturated heterocycles. The zero-order chi connectivity index (χ0) is 9.47. The quantitative estimate of drug-likeness (QED) is 0.689. The molecule has 2 heterocycles. The first-order valence-electron chi connectivity index (χ1n) is 3.62. The molecule has 0 aliphatic heterocycles. The largest absolute Gasteiger partial charge is 0.443 e. The number of hydrogen-bond donors (Lipinski definition) is 0. The topological polar surface area (TPSA) is 60.2 Å². The van der Waals surface area contributed by atoms with Crippen molar-refractivity contribution in [3.8, 4) is 0 Å². The van der Waals surface area contributed by atoms with E-state index >= 15 is 0 Å². The molecule has 5 heteroatoms. The summed E-state index contributed by atoms with van der Waals surface area (Å²) in [6.07, 6.45) is 2.69. The van der Waals surface area contributed by atoms with Gasteiger partial charge in [-0.2, -0.15) is 0 Å². The number of aromatic nitrogens is 1. The Hall–Kier alpha value is -1.36. The van der Waals surface area contributed by atoms with Crippen LogP contribution in [-0.4, -0.2) is 19.7 Å². The summed E-state index contributed by atoms with van der Waals surface area (Å²) in [5.74, 6) is 0. The Balaban J connectivity index is 2.77. The molecule has 0 amide bonds. The third-order valence-corrected chi connectivity index (χ3v) is 2.56. The number of sulfone groups is 1. The number of nitrogens with zero attached hydrogens (tertiary/aromatic N) is 1. The Morgan fingerprint density at radius 1 is 1.46 bits per heavy atom. The van der Waals surface area contributed by atoms with E-state index in [0.717, 1.165) is 6.26 Å². The summed E-state index contributed by atoms with van der Waals surface area (Å²) in [4.78, 5) is 3.96. The third kappa shape index (κ3) is 1.42. The van der Waals surface area contributed by atoms with Crippen molar-refractivity contribution in [3.63, 3.8) is 0 Å². The highest BCUT2D eigenvalue weighted by Gasteiger charge is 2.13. The fourth-order valence-electron chi connectivity index (χ4n) is 1.03. The first-order valence-corrected chi connectivity index (χ1v) is 5.51. The molecule has 0 aliphatic rings. The van der Waals surface area contributed by atoms with Crippen molar-refractivity contribution < 1.29 is 12.8 Å². The maximum Gasteiger partial charge on any atom is 0.220 e. The zero-order valence-electron chi connectivity index (χ0n) is 6.89. The molecule has 0 aliphatic carbocycles. The van der Waals surface area contributed by atoms with Crippen LogP contribution in [0.4, 0.5) is 0 Å².